The summed E-state index contributed by atoms with van der Waals surface area (Å²) in [4.78, 5) is 25.3. The van der Waals surface area contributed by atoms with Crippen LogP contribution < -0.4 is 5.73 Å². The van der Waals surface area contributed by atoms with Gasteiger partial charge >= 0.3 is 0 Å². The number of carbonyl (C=O) groups is 2. The lowest BCUT2D eigenvalue weighted by Crippen LogP contribution is -2.33. The van der Waals surface area contributed by atoms with E-state index in [9.17, 15) is 9.59 Å². The number of imide groups is 1. The van der Waals surface area contributed by atoms with Gasteiger partial charge in [-0.3, -0.25) is 14.5 Å². The number of rotatable bonds is 2. The van der Waals surface area contributed by atoms with Crippen LogP contribution in [0.1, 0.15) is 37.4 Å². The van der Waals surface area contributed by atoms with Crippen molar-refractivity contribution in [1.82, 2.24) is 4.90 Å². The minimum absolute atomic E-state index is 0.0963. The maximum atomic E-state index is 12.0. The summed E-state index contributed by atoms with van der Waals surface area (Å²) in [7, 11) is 0. The first-order valence-electron chi connectivity index (χ1n) is 6.69. The highest BCUT2D eigenvalue weighted by Gasteiger charge is 2.38. The highest BCUT2D eigenvalue weighted by atomic mass is 16.2. The maximum Gasteiger partial charge on any atom is 0.233 e. The molecule has 1 heterocycles. The fraction of sp³-hybridized carbons (Fsp3) is 0.375. The van der Waals surface area contributed by atoms with Crippen molar-refractivity contribution in [2.75, 3.05) is 6.54 Å². The van der Waals surface area contributed by atoms with E-state index < -0.39 is 0 Å². The lowest BCUT2D eigenvalue weighted by molar-refractivity contribution is -0.141. The van der Waals surface area contributed by atoms with Crippen LogP contribution in [0.2, 0.25) is 0 Å². The fourth-order valence-corrected chi connectivity index (χ4v) is 2.39. The normalized spacial score (nSPS) is 19.8. The Balaban J connectivity index is 2.27. The first-order chi connectivity index (χ1) is 9.54. The van der Waals surface area contributed by atoms with Crippen molar-refractivity contribution in [2.24, 2.45) is 11.7 Å². The largest absolute Gasteiger partial charge is 0.320 e. The van der Waals surface area contributed by atoms with Gasteiger partial charge in [0.25, 0.3) is 0 Å². The Kier molecular flexibility index (Phi) is 4.21. The molecule has 2 N–H and O–H groups in total. The van der Waals surface area contributed by atoms with E-state index in [0.29, 0.717) is 13.0 Å². The highest BCUT2D eigenvalue weighted by molar-refractivity contribution is 6.03. The average Bonchev–Trinajstić information content (AvgIpc) is 2.69. The van der Waals surface area contributed by atoms with Crippen molar-refractivity contribution in [1.29, 1.82) is 0 Å². The fourth-order valence-electron chi connectivity index (χ4n) is 2.39. The van der Waals surface area contributed by atoms with E-state index in [0.717, 1.165) is 11.1 Å². The van der Waals surface area contributed by atoms with Gasteiger partial charge in [-0.25, -0.2) is 0 Å². The number of amides is 2. The van der Waals surface area contributed by atoms with E-state index in [-0.39, 0.29) is 23.8 Å². The molecule has 1 aromatic carbocycles. The summed E-state index contributed by atoms with van der Waals surface area (Å²) in [5.41, 5.74) is 7.10. The predicted octanol–water partition coefficient (Wildman–Crippen LogP) is 1.45. The maximum absolute atomic E-state index is 12.0. The molecule has 1 aromatic rings. The van der Waals surface area contributed by atoms with Gasteiger partial charge in [0.1, 0.15) is 0 Å². The Labute approximate surface area is 118 Å². The number of hydrogen-bond donors (Lipinski definition) is 1. The van der Waals surface area contributed by atoms with E-state index in [1.807, 2.05) is 31.2 Å². The van der Waals surface area contributed by atoms with E-state index >= 15 is 0 Å². The van der Waals surface area contributed by atoms with E-state index in [2.05, 4.69) is 11.8 Å². The quantitative estimate of drug-likeness (QED) is 0.653. The van der Waals surface area contributed by atoms with Gasteiger partial charge in [0.05, 0.1) is 12.6 Å². The summed E-state index contributed by atoms with van der Waals surface area (Å²) in [5, 5.41) is 0. The minimum Gasteiger partial charge on any atom is -0.320 e. The molecule has 0 aliphatic carbocycles. The molecule has 2 unspecified atom stereocenters. The SMILES string of the molecule is CC1CC(=O)N(C(C)c2cccc(C#CCN)c2)C1=O. The van der Waals surface area contributed by atoms with E-state index in [1.165, 1.54) is 4.90 Å². The second kappa shape index (κ2) is 5.89. The number of carbonyl (C=O) groups excluding carboxylic acids is 2. The molecule has 1 fully saturated rings. The van der Waals surface area contributed by atoms with Crippen molar-refractivity contribution in [3.05, 3.63) is 35.4 Å². The van der Waals surface area contributed by atoms with Crippen LogP contribution in [0.5, 0.6) is 0 Å². The van der Waals surface area contributed by atoms with Gasteiger partial charge in [0.15, 0.2) is 0 Å². The highest BCUT2D eigenvalue weighted by Crippen LogP contribution is 2.29. The summed E-state index contributed by atoms with van der Waals surface area (Å²) in [6, 6.07) is 7.30. The van der Waals surface area contributed by atoms with Crippen LogP contribution in [0.15, 0.2) is 24.3 Å². The van der Waals surface area contributed by atoms with Gasteiger partial charge in [-0.1, -0.05) is 30.9 Å². The van der Waals surface area contributed by atoms with E-state index in [1.54, 1.807) is 6.92 Å². The second-order valence-electron chi connectivity index (χ2n) is 5.01. The molecule has 1 aliphatic heterocycles. The molecular formula is C16H18N2O2. The Hall–Kier alpha value is -2.12. The summed E-state index contributed by atoms with van der Waals surface area (Å²) >= 11 is 0. The number of benzene rings is 1. The summed E-state index contributed by atoms with van der Waals surface area (Å²) in [6.07, 6.45) is 0.301. The van der Waals surface area contributed by atoms with Gasteiger partial charge in [-0.05, 0) is 24.6 Å². The van der Waals surface area contributed by atoms with Crippen molar-refractivity contribution >= 4 is 11.8 Å². The average molecular weight is 270 g/mol. The Bertz CT molecular complexity index is 598. The minimum atomic E-state index is -0.264. The smallest absolute Gasteiger partial charge is 0.233 e. The third-order valence-corrected chi connectivity index (χ3v) is 3.50. The van der Waals surface area contributed by atoms with Crippen LogP contribution in [0.3, 0.4) is 0 Å². The van der Waals surface area contributed by atoms with Gasteiger partial charge in [0, 0.05) is 17.9 Å². The summed E-state index contributed by atoms with van der Waals surface area (Å²) in [5.74, 6) is 5.34. The Morgan fingerprint density at radius 1 is 1.45 bits per heavy atom. The summed E-state index contributed by atoms with van der Waals surface area (Å²) in [6.45, 7) is 3.96. The molecular weight excluding hydrogens is 252 g/mol. The van der Waals surface area contributed by atoms with Crippen molar-refractivity contribution in [3.63, 3.8) is 0 Å². The first kappa shape index (κ1) is 14.3. The zero-order valence-electron chi connectivity index (χ0n) is 11.7. The van der Waals surface area contributed by atoms with Crippen LogP contribution in [-0.4, -0.2) is 23.3 Å². The topological polar surface area (TPSA) is 63.4 Å². The van der Waals surface area contributed by atoms with Crippen LogP contribution in [0.25, 0.3) is 0 Å². The van der Waals surface area contributed by atoms with Crippen molar-refractivity contribution < 1.29 is 9.59 Å². The Morgan fingerprint density at radius 3 is 2.80 bits per heavy atom. The van der Waals surface area contributed by atoms with Crippen LogP contribution >= 0.6 is 0 Å². The lowest BCUT2D eigenvalue weighted by Gasteiger charge is -2.23. The van der Waals surface area contributed by atoms with Crippen LogP contribution in [0.4, 0.5) is 0 Å². The number of likely N-dealkylation sites (tertiary alicyclic amines) is 1. The van der Waals surface area contributed by atoms with E-state index in [4.69, 9.17) is 5.73 Å². The molecule has 2 rings (SSSR count). The molecule has 1 aliphatic rings. The van der Waals surface area contributed by atoms with Gasteiger partial charge in [-0.2, -0.15) is 0 Å². The first-order valence-corrected chi connectivity index (χ1v) is 6.69. The standard InChI is InChI=1S/C16H18N2O2/c1-11-9-15(19)18(16(11)20)12(2)14-7-3-5-13(10-14)6-4-8-17/h3,5,7,10-12H,8-9,17H2,1-2H3. The molecule has 0 bridgehead atoms. The Morgan fingerprint density at radius 2 is 2.20 bits per heavy atom. The number of hydrogen-bond acceptors (Lipinski definition) is 3. The van der Waals surface area contributed by atoms with Gasteiger partial charge in [0.2, 0.25) is 11.8 Å². The molecule has 2 atom stereocenters. The molecule has 4 heteroatoms. The third-order valence-electron chi connectivity index (χ3n) is 3.50. The number of nitrogens with zero attached hydrogens (tertiary/aromatic N) is 1. The van der Waals surface area contributed by atoms with Crippen LogP contribution in [0, 0.1) is 17.8 Å². The molecule has 0 saturated carbocycles. The van der Waals surface area contributed by atoms with Gasteiger partial charge in [-0.15, -0.1) is 0 Å². The zero-order valence-corrected chi connectivity index (χ0v) is 11.7. The molecule has 1 saturated heterocycles. The van der Waals surface area contributed by atoms with Crippen LogP contribution in [-0.2, 0) is 9.59 Å². The lowest BCUT2D eigenvalue weighted by atomic mass is 10.0. The molecule has 0 spiro atoms. The molecule has 0 aromatic heterocycles. The predicted molar refractivity (Wildman–Crippen MR) is 76.4 cm³/mol. The molecule has 20 heavy (non-hydrogen) atoms. The van der Waals surface area contributed by atoms with Gasteiger partial charge < -0.3 is 5.73 Å². The molecule has 2 amide bonds. The molecule has 104 valence electrons. The second-order valence-corrected chi connectivity index (χ2v) is 5.01. The number of nitrogens with two attached hydrogens (primary N) is 1. The third kappa shape index (κ3) is 2.73. The molecule has 4 nitrogen and oxygen atoms in total. The monoisotopic (exact) mass is 270 g/mol. The summed E-state index contributed by atoms with van der Waals surface area (Å²) < 4.78 is 0. The molecule has 0 radical (unpaired) electrons. The zero-order chi connectivity index (χ0) is 14.7. The van der Waals surface area contributed by atoms with Crippen molar-refractivity contribution in [3.8, 4) is 11.8 Å². The van der Waals surface area contributed by atoms with Crippen molar-refractivity contribution in [2.45, 2.75) is 26.3 Å².